The molecule has 3 nitrogen and oxygen atoms in total. The predicted molar refractivity (Wildman–Crippen MR) is 142 cm³/mol. The van der Waals surface area contributed by atoms with E-state index >= 15 is 0 Å². The number of aryl methyl sites for hydroxylation is 1. The summed E-state index contributed by atoms with van der Waals surface area (Å²) in [7, 11) is 0. The van der Waals surface area contributed by atoms with Crippen LogP contribution >= 0.6 is 0 Å². The molecule has 190 valence electrons. The third-order valence-corrected chi connectivity index (χ3v) is 6.46. The Morgan fingerprint density at radius 1 is 0.706 bits per heavy atom. The summed E-state index contributed by atoms with van der Waals surface area (Å²) < 4.78 is 19.4. The zero-order valence-electron chi connectivity index (χ0n) is 21.7. The third-order valence-electron chi connectivity index (χ3n) is 6.46. The number of alkyl halides is 1. The fraction of sp³-hybridized carbons (Fsp3) is 0.667. The van der Waals surface area contributed by atoms with E-state index in [0.29, 0.717) is 19.4 Å². The molecule has 0 N–H and O–H groups in total. The summed E-state index contributed by atoms with van der Waals surface area (Å²) in [4.78, 5) is 9.12. The number of hydrogen-bond acceptors (Lipinski definition) is 3. The smallest absolute Gasteiger partial charge is 0.159 e. The van der Waals surface area contributed by atoms with Crippen molar-refractivity contribution in [2.75, 3.05) is 6.61 Å². The summed E-state index contributed by atoms with van der Waals surface area (Å²) in [5, 5.41) is 0. The number of nitrogens with zero attached hydrogens (tertiary/aromatic N) is 2. The molecule has 2 rings (SSSR count). The summed E-state index contributed by atoms with van der Waals surface area (Å²) >= 11 is 0. The maximum atomic E-state index is 13.7. The van der Waals surface area contributed by atoms with Gasteiger partial charge in [0.1, 0.15) is 11.9 Å². The standard InChI is InChI=1S/C30H47FN2O/c1-3-5-7-8-9-10-11-12-13-14-15-16-26-24-32-30(33-25-26)27-18-20-29(21-19-27)34-23-22-28(31)17-6-4-2/h18-21,24-25,28H,3-17,22-23H2,1-2H3. The van der Waals surface area contributed by atoms with E-state index in [2.05, 4.69) is 23.8 Å². The molecule has 4 heteroatoms. The van der Waals surface area contributed by atoms with E-state index in [0.717, 1.165) is 36.4 Å². The second kappa shape index (κ2) is 18.4. The van der Waals surface area contributed by atoms with Crippen molar-refractivity contribution >= 4 is 0 Å². The van der Waals surface area contributed by atoms with Gasteiger partial charge in [-0.2, -0.15) is 0 Å². The minimum Gasteiger partial charge on any atom is -0.493 e. The third kappa shape index (κ3) is 12.5. The summed E-state index contributed by atoms with van der Waals surface area (Å²) in [6, 6.07) is 7.77. The largest absolute Gasteiger partial charge is 0.493 e. The second-order valence-corrected chi connectivity index (χ2v) is 9.60. The molecule has 0 aliphatic heterocycles. The van der Waals surface area contributed by atoms with Gasteiger partial charge < -0.3 is 4.74 Å². The first-order valence-corrected chi connectivity index (χ1v) is 13.9. The van der Waals surface area contributed by atoms with Crippen LogP contribution in [0.15, 0.2) is 36.7 Å². The topological polar surface area (TPSA) is 35.0 Å². The lowest BCUT2D eigenvalue weighted by Gasteiger charge is -2.10. The van der Waals surface area contributed by atoms with Gasteiger partial charge in [0.15, 0.2) is 5.82 Å². The zero-order valence-corrected chi connectivity index (χ0v) is 21.7. The second-order valence-electron chi connectivity index (χ2n) is 9.60. The molecule has 0 amide bonds. The van der Waals surface area contributed by atoms with Gasteiger partial charge in [0.2, 0.25) is 0 Å². The molecule has 1 heterocycles. The molecule has 1 unspecified atom stereocenters. The molecule has 0 radical (unpaired) electrons. The quantitative estimate of drug-likeness (QED) is 0.181. The molecule has 34 heavy (non-hydrogen) atoms. The molecule has 0 bridgehead atoms. The highest BCUT2D eigenvalue weighted by molar-refractivity contribution is 5.55. The van der Waals surface area contributed by atoms with Gasteiger partial charge in [-0.15, -0.1) is 0 Å². The summed E-state index contributed by atoms with van der Waals surface area (Å²) in [5.74, 6) is 1.50. The lowest BCUT2D eigenvalue weighted by atomic mass is 10.0. The van der Waals surface area contributed by atoms with Crippen molar-refractivity contribution in [2.24, 2.45) is 0 Å². The molecule has 0 spiro atoms. The number of ether oxygens (including phenoxy) is 1. The molecule has 0 saturated carbocycles. The lowest BCUT2D eigenvalue weighted by molar-refractivity contribution is 0.223. The van der Waals surface area contributed by atoms with Gasteiger partial charge in [0.05, 0.1) is 6.61 Å². The van der Waals surface area contributed by atoms with Crippen LogP contribution in [-0.4, -0.2) is 22.7 Å². The molecular formula is C30H47FN2O. The first-order valence-electron chi connectivity index (χ1n) is 13.9. The number of hydrogen-bond donors (Lipinski definition) is 0. The summed E-state index contributed by atoms with van der Waals surface area (Å²) in [6.07, 6.45) is 22.2. The Kier molecular flexibility index (Phi) is 15.3. The number of rotatable bonds is 20. The maximum Gasteiger partial charge on any atom is 0.159 e. The van der Waals surface area contributed by atoms with Crippen LogP contribution in [0.3, 0.4) is 0 Å². The van der Waals surface area contributed by atoms with Gasteiger partial charge in [-0.1, -0.05) is 90.9 Å². The number of aromatic nitrogens is 2. The Hall–Kier alpha value is -1.97. The molecule has 0 saturated heterocycles. The van der Waals surface area contributed by atoms with Crippen LogP contribution in [0.25, 0.3) is 11.4 Å². The summed E-state index contributed by atoms with van der Waals surface area (Å²) in [5.41, 5.74) is 2.18. The monoisotopic (exact) mass is 470 g/mol. The van der Waals surface area contributed by atoms with Gasteiger partial charge in [0, 0.05) is 24.4 Å². The maximum absolute atomic E-state index is 13.7. The average molecular weight is 471 g/mol. The van der Waals surface area contributed by atoms with Gasteiger partial charge in [-0.3, -0.25) is 0 Å². The Balaban J connectivity index is 1.59. The van der Waals surface area contributed by atoms with Crippen molar-refractivity contribution in [1.82, 2.24) is 9.97 Å². The van der Waals surface area contributed by atoms with Crippen molar-refractivity contribution in [1.29, 1.82) is 0 Å². The lowest BCUT2D eigenvalue weighted by Crippen LogP contribution is -2.07. The van der Waals surface area contributed by atoms with E-state index in [1.165, 1.54) is 76.2 Å². The van der Waals surface area contributed by atoms with Crippen LogP contribution in [0.5, 0.6) is 5.75 Å². The number of halogens is 1. The van der Waals surface area contributed by atoms with Gasteiger partial charge in [0.25, 0.3) is 0 Å². The van der Waals surface area contributed by atoms with E-state index in [-0.39, 0.29) is 0 Å². The van der Waals surface area contributed by atoms with Crippen molar-refractivity contribution in [3.8, 4) is 17.1 Å². The van der Waals surface area contributed by atoms with Crippen LogP contribution in [0.2, 0.25) is 0 Å². The molecule has 0 fully saturated rings. The van der Waals surface area contributed by atoms with Crippen molar-refractivity contribution in [3.63, 3.8) is 0 Å². The predicted octanol–water partition coefficient (Wildman–Crippen LogP) is 9.29. The van der Waals surface area contributed by atoms with E-state index in [1.54, 1.807) is 0 Å². The van der Waals surface area contributed by atoms with Crippen molar-refractivity contribution in [3.05, 3.63) is 42.2 Å². The first kappa shape index (κ1) is 28.3. The average Bonchev–Trinajstić information content (AvgIpc) is 2.87. The highest BCUT2D eigenvalue weighted by Crippen LogP contribution is 2.20. The van der Waals surface area contributed by atoms with E-state index in [9.17, 15) is 4.39 Å². The Morgan fingerprint density at radius 3 is 1.85 bits per heavy atom. The van der Waals surface area contributed by atoms with Crippen LogP contribution in [0.1, 0.15) is 116 Å². The minimum absolute atomic E-state index is 0.411. The van der Waals surface area contributed by atoms with Crippen molar-refractivity contribution < 1.29 is 9.13 Å². The molecule has 1 aromatic carbocycles. The number of unbranched alkanes of at least 4 members (excludes halogenated alkanes) is 11. The number of benzene rings is 1. The van der Waals surface area contributed by atoms with E-state index in [1.807, 2.05) is 36.7 Å². The minimum atomic E-state index is -0.767. The fourth-order valence-electron chi connectivity index (χ4n) is 4.20. The Labute approximate surface area is 208 Å². The zero-order chi connectivity index (χ0) is 24.3. The molecule has 2 aromatic rings. The van der Waals surface area contributed by atoms with Crippen LogP contribution in [0.4, 0.5) is 4.39 Å². The van der Waals surface area contributed by atoms with Gasteiger partial charge in [-0.25, -0.2) is 14.4 Å². The fourth-order valence-corrected chi connectivity index (χ4v) is 4.20. The Morgan fingerprint density at radius 2 is 1.26 bits per heavy atom. The van der Waals surface area contributed by atoms with Crippen LogP contribution in [0, 0.1) is 0 Å². The molecular weight excluding hydrogens is 423 g/mol. The van der Waals surface area contributed by atoms with E-state index < -0.39 is 6.17 Å². The molecule has 0 aliphatic carbocycles. The Bertz CT molecular complexity index is 732. The normalized spacial score (nSPS) is 12.1. The molecule has 1 aromatic heterocycles. The highest BCUT2D eigenvalue weighted by atomic mass is 19.1. The van der Waals surface area contributed by atoms with Crippen LogP contribution < -0.4 is 4.74 Å². The van der Waals surface area contributed by atoms with Gasteiger partial charge >= 0.3 is 0 Å². The SMILES string of the molecule is CCCCCCCCCCCCCc1cnc(-c2ccc(OCCC(F)CCCC)cc2)nc1. The highest BCUT2D eigenvalue weighted by Gasteiger charge is 2.07. The van der Waals surface area contributed by atoms with Crippen molar-refractivity contribution in [2.45, 2.75) is 123 Å². The molecule has 1 atom stereocenters. The molecule has 0 aliphatic rings. The summed E-state index contributed by atoms with van der Waals surface area (Å²) in [6.45, 7) is 4.77. The van der Waals surface area contributed by atoms with Crippen LogP contribution in [-0.2, 0) is 6.42 Å². The van der Waals surface area contributed by atoms with Gasteiger partial charge in [-0.05, 0) is 49.1 Å². The first-order chi connectivity index (χ1) is 16.7. The van der Waals surface area contributed by atoms with E-state index in [4.69, 9.17) is 4.74 Å².